The Labute approximate surface area is 112 Å². The number of hydrogen-bond acceptors (Lipinski definition) is 1. The standard InChI is InChI=1S/C15H20F3N/c1-12-2-4-13(5-3-12)10-14-6-8-19(9-7-14)11-15(16,17)18/h2-5,14H,6-11H2,1H3. The van der Waals surface area contributed by atoms with Gasteiger partial charge in [0.2, 0.25) is 0 Å². The monoisotopic (exact) mass is 271 g/mol. The molecule has 0 unspecified atom stereocenters. The van der Waals surface area contributed by atoms with E-state index in [0.717, 1.165) is 19.3 Å². The van der Waals surface area contributed by atoms with Gasteiger partial charge in [-0.3, -0.25) is 4.90 Å². The first-order valence-electron chi connectivity index (χ1n) is 6.77. The summed E-state index contributed by atoms with van der Waals surface area (Å²) in [6.45, 7) is 2.43. The highest BCUT2D eigenvalue weighted by Crippen LogP contribution is 2.24. The van der Waals surface area contributed by atoms with Crippen LogP contribution >= 0.6 is 0 Å². The van der Waals surface area contributed by atoms with Crippen molar-refractivity contribution in [2.45, 2.75) is 32.4 Å². The number of nitrogens with zero attached hydrogens (tertiary/aromatic N) is 1. The van der Waals surface area contributed by atoms with E-state index in [-0.39, 0.29) is 0 Å². The van der Waals surface area contributed by atoms with Crippen LogP contribution in [0.15, 0.2) is 24.3 Å². The molecule has 0 N–H and O–H groups in total. The summed E-state index contributed by atoms with van der Waals surface area (Å²) in [5.41, 5.74) is 2.53. The Kier molecular flexibility index (Phi) is 4.50. The maximum atomic E-state index is 12.3. The fourth-order valence-corrected chi connectivity index (χ4v) is 2.66. The van der Waals surface area contributed by atoms with Gasteiger partial charge in [-0.05, 0) is 50.8 Å². The van der Waals surface area contributed by atoms with Crippen molar-refractivity contribution >= 4 is 0 Å². The van der Waals surface area contributed by atoms with Gasteiger partial charge in [0.1, 0.15) is 0 Å². The molecule has 0 aromatic heterocycles. The highest BCUT2D eigenvalue weighted by Gasteiger charge is 2.32. The molecule has 0 spiro atoms. The number of benzene rings is 1. The van der Waals surface area contributed by atoms with Crippen molar-refractivity contribution in [3.63, 3.8) is 0 Å². The molecule has 0 bridgehead atoms. The van der Waals surface area contributed by atoms with Gasteiger partial charge >= 0.3 is 6.18 Å². The summed E-state index contributed by atoms with van der Waals surface area (Å²) in [6, 6.07) is 8.43. The van der Waals surface area contributed by atoms with Gasteiger partial charge in [-0.15, -0.1) is 0 Å². The smallest absolute Gasteiger partial charge is 0.295 e. The molecule has 0 aliphatic carbocycles. The van der Waals surface area contributed by atoms with Gasteiger partial charge in [-0.1, -0.05) is 29.8 Å². The third-order valence-corrected chi connectivity index (χ3v) is 3.76. The van der Waals surface area contributed by atoms with Crippen LogP contribution in [0.25, 0.3) is 0 Å². The van der Waals surface area contributed by atoms with E-state index in [2.05, 4.69) is 31.2 Å². The van der Waals surface area contributed by atoms with E-state index in [9.17, 15) is 13.2 Å². The van der Waals surface area contributed by atoms with Crippen LogP contribution in [0.4, 0.5) is 13.2 Å². The van der Waals surface area contributed by atoms with Crippen molar-refractivity contribution in [3.8, 4) is 0 Å². The third-order valence-electron chi connectivity index (χ3n) is 3.76. The molecule has 1 saturated heterocycles. The van der Waals surface area contributed by atoms with Crippen molar-refractivity contribution in [2.24, 2.45) is 5.92 Å². The average Bonchev–Trinajstić information content (AvgIpc) is 2.33. The molecule has 1 nitrogen and oxygen atoms in total. The van der Waals surface area contributed by atoms with Crippen LogP contribution < -0.4 is 0 Å². The minimum absolute atomic E-state index is 0.521. The van der Waals surface area contributed by atoms with Gasteiger partial charge in [0.25, 0.3) is 0 Å². The molecular formula is C15H20F3N. The van der Waals surface area contributed by atoms with Crippen molar-refractivity contribution in [3.05, 3.63) is 35.4 Å². The van der Waals surface area contributed by atoms with Crippen LogP contribution in [0.3, 0.4) is 0 Å². The molecular weight excluding hydrogens is 251 g/mol. The van der Waals surface area contributed by atoms with Crippen molar-refractivity contribution in [1.29, 1.82) is 0 Å². The summed E-state index contributed by atoms with van der Waals surface area (Å²) >= 11 is 0. The van der Waals surface area contributed by atoms with E-state index in [4.69, 9.17) is 0 Å². The highest BCUT2D eigenvalue weighted by molar-refractivity contribution is 5.21. The van der Waals surface area contributed by atoms with Crippen molar-refractivity contribution in [1.82, 2.24) is 4.90 Å². The van der Waals surface area contributed by atoms with Gasteiger partial charge in [0.05, 0.1) is 6.54 Å². The summed E-state index contributed by atoms with van der Waals surface area (Å²) in [5.74, 6) is 0.521. The molecule has 0 saturated carbocycles. The Bertz CT molecular complexity index is 389. The molecule has 0 radical (unpaired) electrons. The normalized spacial score (nSPS) is 18.7. The Morgan fingerprint density at radius 2 is 1.68 bits per heavy atom. The molecule has 1 aliphatic rings. The summed E-state index contributed by atoms with van der Waals surface area (Å²) in [5, 5.41) is 0. The third kappa shape index (κ3) is 4.86. The van der Waals surface area contributed by atoms with Crippen LogP contribution in [-0.4, -0.2) is 30.7 Å². The Balaban J connectivity index is 1.79. The molecule has 19 heavy (non-hydrogen) atoms. The quantitative estimate of drug-likeness (QED) is 0.808. The molecule has 4 heteroatoms. The number of rotatable bonds is 3. The first-order chi connectivity index (χ1) is 8.92. The molecule has 1 aromatic rings. The molecule has 2 rings (SSSR count). The minimum atomic E-state index is -4.07. The van der Waals surface area contributed by atoms with Crippen LogP contribution in [0.2, 0.25) is 0 Å². The summed E-state index contributed by atoms with van der Waals surface area (Å²) in [7, 11) is 0. The topological polar surface area (TPSA) is 3.24 Å². The van der Waals surface area contributed by atoms with E-state index in [1.54, 1.807) is 0 Å². The van der Waals surface area contributed by atoms with Crippen LogP contribution in [-0.2, 0) is 6.42 Å². The average molecular weight is 271 g/mol. The second-order valence-corrected chi connectivity index (χ2v) is 5.52. The zero-order valence-electron chi connectivity index (χ0n) is 11.2. The Hall–Kier alpha value is -1.03. The van der Waals surface area contributed by atoms with Crippen LogP contribution in [0.1, 0.15) is 24.0 Å². The van der Waals surface area contributed by atoms with Gasteiger partial charge in [-0.2, -0.15) is 13.2 Å². The number of hydrogen-bond donors (Lipinski definition) is 0. The first-order valence-corrected chi connectivity index (χ1v) is 6.77. The van der Waals surface area contributed by atoms with E-state index in [0.29, 0.717) is 19.0 Å². The first kappa shape index (κ1) is 14.4. The largest absolute Gasteiger partial charge is 0.401 e. The lowest BCUT2D eigenvalue weighted by Gasteiger charge is -2.32. The zero-order valence-corrected chi connectivity index (χ0v) is 11.2. The lowest BCUT2D eigenvalue weighted by molar-refractivity contribution is -0.148. The predicted octanol–water partition coefficient (Wildman–Crippen LogP) is 3.81. The van der Waals surface area contributed by atoms with Gasteiger partial charge in [0, 0.05) is 0 Å². The van der Waals surface area contributed by atoms with Crippen LogP contribution in [0, 0.1) is 12.8 Å². The Morgan fingerprint density at radius 1 is 1.11 bits per heavy atom. The zero-order chi connectivity index (χ0) is 13.9. The van der Waals surface area contributed by atoms with E-state index in [1.807, 2.05) is 0 Å². The van der Waals surface area contributed by atoms with Gasteiger partial charge in [0.15, 0.2) is 0 Å². The summed E-state index contributed by atoms with van der Waals surface area (Å²) in [4.78, 5) is 1.52. The number of halogens is 3. The second kappa shape index (κ2) is 5.95. The molecule has 1 aliphatic heterocycles. The molecule has 1 fully saturated rings. The van der Waals surface area contributed by atoms with Gasteiger partial charge in [-0.25, -0.2) is 0 Å². The molecule has 1 heterocycles. The Morgan fingerprint density at radius 3 is 2.21 bits per heavy atom. The molecule has 106 valence electrons. The maximum Gasteiger partial charge on any atom is 0.401 e. The second-order valence-electron chi connectivity index (χ2n) is 5.52. The minimum Gasteiger partial charge on any atom is -0.295 e. The van der Waals surface area contributed by atoms with Crippen LogP contribution in [0.5, 0.6) is 0 Å². The van der Waals surface area contributed by atoms with Crippen molar-refractivity contribution < 1.29 is 13.2 Å². The lowest BCUT2D eigenvalue weighted by Crippen LogP contribution is -2.40. The van der Waals surface area contributed by atoms with Crippen molar-refractivity contribution in [2.75, 3.05) is 19.6 Å². The number of likely N-dealkylation sites (tertiary alicyclic amines) is 1. The summed E-state index contributed by atoms with van der Waals surface area (Å²) in [6.07, 6.45) is -1.35. The highest BCUT2D eigenvalue weighted by atomic mass is 19.4. The van der Waals surface area contributed by atoms with E-state index >= 15 is 0 Å². The number of piperidine rings is 1. The fourth-order valence-electron chi connectivity index (χ4n) is 2.66. The molecule has 1 aromatic carbocycles. The van der Waals surface area contributed by atoms with E-state index in [1.165, 1.54) is 16.0 Å². The summed E-state index contributed by atoms with van der Waals surface area (Å²) < 4.78 is 36.8. The maximum absolute atomic E-state index is 12.3. The predicted molar refractivity (Wildman–Crippen MR) is 70.1 cm³/mol. The van der Waals surface area contributed by atoms with Gasteiger partial charge < -0.3 is 0 Å². The SMILES string of the molecule is Cc1ccc(CC2CCN(CC(F)(F)F)CC2)cc1. The number of aryl methyl sites for hydroxylation is 1. The fraction of sp³-hybridized carbons (Fsp3) is 0.600. The number of alkyl halides is 3. The molecule has 0 amide bonds. The molecule has 0 atom stereocenters. The lowest BCUT2D eigenvalue weighted by atomic mass is 9.90. The van der Waals surface area contributed by atoms with E-state index < -0.39 is 12.7 Å².